The van der Waals surface area contributed by atoms with Gasteiger partial charge in [0.25, 0.3) is 0 Å². The number of phenolic OH excluding ortho intramolecular Hbond substituents is 1. The Balaban J connectivity index is 1.94. The molecule has 0 aliphatic rings. The Bertz CT molecular complexity index is 942. The van der Waals surface area contributed by atoms with Gasteiger partial charge < -0.3 is 5.11 Å². The van der Waals surface area contributed by atoms with Gasteiger partial charge in [0.05, 0.1) is 16.7 Å². The molecule has 0 spiro atoms. The first-order valence-corrected chi connectivity index (χ1v) is 7.14. The molecule has 3 nitrogen and oxygen atoms in total. The topological polar surface area (TPSA) is 38.0 Å². The van der Waals surface area contributed by atoms with Crippen LogP contribution in [0.3, 0.4) is 0 Å². The monoisotopic (exact) mass is 286 g/mol. The first-order chi connectivity index (χ1) is 10.8. The number of phenols is 1. The summed E-state index contributed by atoms with van der Waals surface area (Å²) in [6, 6.07) is 23.6. The maximum absolute atomic E-state index is 9.68. The van der Waals surface area contributed by atoms with E-state index in [-0.39, 0.29) is 5.75 Å². The molecular formula is C19H14N2O. The van der Waals surface area contributed by atoms with Crippen LogP contribution in [0.4, 0.5) is 0 Å². The third-order valence-electron chi connectivity index (χ3n) is 3.77. The Morgan fingerprint density at radius 2 is 1.64 bits per heavy atom. The van der Waals surface area contributed by atoms with Gasteiger partial charge in [0.1, 0.15) is 12.1 Å². The molecule has 22 heavy (non-hydrogen) atoms. The first kappa shape index (κ1) is 12.7. The average Bonchev–Trinajstić information content (AvgIpc) is 3.00. The lowest BCUT2D eigenvalue weighted by molar-refractivity contribution is 0.475. The van der Waals surface area contributed by atoms with Gasteiger partial charge in [-0.2, -0.15) is 0 Å². The van der Waals surface area contributed by atoms with Crippen molar-refractivity contribution in [2.45, 2.75) is 0 Å². The van der Waals surface area contributed by atoms with Crippen molar-refractivity contribution >= 4 is 11.0 Å². The minimum Gasteiger partial charge on any atom is -0.508 e. The van der Waals surface area contributed by atoms with Crippen LogP contribution in [0.1, 0.15) is 0 Å². The molecule has 0 atom stereocenters. The fraction of sp³-hybridized carbons (Fsp3) is 0. The number of aromatic nitrogens is 2. The van der Waals surface area contributed by atoms with Crippen molar-refractivity contribution in [3.8, 4) is 22.6 Å². The number of aromatic hydroxyl groups is 1. The number of hydrogen-bond donors (Lipinski definition) is 1. The zero-order valence-corrected chi connectivity index (χ0v) is 11.8. The number of benzene rings is 3. The van der Waals surface area contributed by atoms with Crippen LogP contribution < -0.4 is 0 Å². The van der Waals surface area contributed by atoms with Gasteiger partial charge >= 0.3 is 0 Å². The lowest BCUT2D eigenvalue weighted by Gasteiger charge is -2.06. The highest BCUT2D eigenvalue weighted by molar-refractivity contribution is 5.92. The predicted molar refractivity (Wildman–Crippen MR) is 88.2 cm³/mol. The zero-order valence-electron chi connectivity index (χ0n) is 11.8. The van der Waals surface area contributed by atoms with Crippen molar-refractivity contribution in [2.24, 2.45) is 0 Å². The van der Waals surface area contributed by atoms with Gasteiger partial charge in [-0.25, -0.2) is 4.98 Å². The molecule has 0 aliphatic carbocycles. The molecule has 1 N–H and O–H groups in total. The Labute approximate surface area is 128 Å². The molecule has 0 unspecified atom stereocenters. The van der Waals surface area contributed by atoms with Crippen molar-refractivity contribution in [1.82, 2.24) is 9.55 Å². The Kier molecular flexibility index (Phi) is 2.90. The Morgan fingerprint density at radius 1 is 0.818 bits per heavy atom. The van der Waals surface area contributed by atoms with E-state index in [9.17, 15) is 5.11 Å². The fourth-order valence-electron chi connectivity index (χ4n) is 2.74. The second-order valence-corrected chi connectivity index (χ2v) is 5.17. The second kappa shape index (κ2) is 5.04. The molecule has 3 heteroatoms. The molecular weight excluding hydrogens is 272 g/mol. The van der Waals surface area contributed by atoms with Crippen LogP contribution in [0.2, 0.25) is 0 Å². The van der Waals surface area contributed by atoms with E-state index in [0.29, 0.717) is 0 Å². The van der Waals surface area contributed by atoms with Gasteiger partial charge in [0, 0.05) is 11.6 Å². The summed E-state index contributed by atoms with van der Waals surface area (Å²) in [4.78, 5) is 4.58. The molecule has 0 aliphatic heterocycles. The average molecular weight is 286 g/mol. The quantitative estimate of drug-likeness (QED) is 0.593. The lowest BCUT2D eigenvalue weighted by Crippen LogP contribution is -1.91. The Morgan fingerprint density at radius 3 is 2.45 bits per heavy atom. The van der Waals surface area contributed by atoms with Gasteiger partial charge in [-0.1, -0.05) is 48.5 Å². The maximum atomic E-state index is 9.68. The number of hydrogen-bond acceptors (Lipinski definition) is 2. The van der Waals surface area contributed by atoms with E-state index in [1.54, 1.807) is 18.5 Å². The largest absolute Gasteiger partial charge is 0.508 e. The van der Waals surface area contributed by atoms with Crippen molar-refractivity contribution in [2.75, 3.05) is 0 Å². The van der Waals surface area contributed by atoms with E-state index in [1.165, 1.54) is 0 Å². The van der Waals surface area contributed by atoms with Gasteiger partial charge in [-0.05, 0) is 23.8 Å². The molecule has 0 saturated heterocycles. The van der Waals surface area contributed by atoms with Gasteiger partial charge in [-0.3, -0.25) is 4.57 Å². The summed E-state index contributed by atoms with van der Waals surface area (Å²) in [5.74, 6) is 0.249. The van der Waals surface area contributed by atoms with Crippen LogP contribution in [-0.2, 0) is 0 Å². The third-order valence-corrected chi connectivity index (χ3v) is 3.77. The molecule has 0 fully saturated rings. The number of rotatable bonds is 2. The second-order valence-electron chi connectivity index (χ2n) is 5.17. The van der Waals surface area contributed by atoms with Crippen molar-refractivity contribution < 1.29 is 5.11 Å². The van der Waals surface area contributed by atoms with E-state index in [2.05, 4.69) is 23.2 Å². The summed E-state index contributed by atoms with van der Waals surface area (Å²) >= 11 is 0. The molecule has 4 aromatic rings. The SMILES string of the molecule is Oc1cccc(-n2cnc3c(-c4ccccc4)cccc32)c1. The van der Waals surface area contributed by atoms with Crippen LogP contribution in [0.15, 0.2) is 79.1 Å². The maximum Gasteiger partial charge on any atom is 0.117 e. The number of fused-ring (bicyclic) bond motifs is 1. The highest BCUT2D eigenvalue weighted by atomic mass is 16.3. The highest BCUT2D eigenvalue weighted by Crippen LogP contribution is 2.29. The highest BCUT2D eigenvalue weighted by Gasteiger charge is 2.10. The molecule has 106 valence electrons. The molecule has 4 rings (SSSR count). The lowest BCUT2D eigenvalue weighted by atomic mass is 10.0. The molecule has 0 bridgehead atoms. The molecule has 1 heterocycles. The minimum absolute atomic E-state index is 0.249. The Hall–Kier alpha value is -3.07. The van der Waals surface area contributed by atoms with Crippen molar-refractivity contribution in [1.29, 1.82) is 0 Å². The van der Waals surface area contributed by atoms with E-state index in [1.807, 2.05) is 47.0 Å². The van der Waals surface area contributed by atoms with Crippen LogP contribution in [0.25, 0.3) is 27.8 Å². The normalized spacial score (nSPS) is 10.9. The van der Waals surface area contributed by atoms with Gasteiger partial charge in [0.2, 0.25) is 0 Å². The first-order valence-electron chi connectivity index (χ1n) is 7.14. The fourth-order valence-corrected chi connectivity index (χ4v) is 2.74. The van der Waals surface area contributed by atoms with Gasteiger partial charge in [0.15, 0.2) is 0 Å². The third kappa shape index (κ3) is 2.04. The zero-order chi connectivity index (χ0) is 14.9. The van der Waals surface area contributed by atoms with E-state index < -0.39 is 0 Å². The summed E-state index contributed by atoms with van der Waals surface area (Å²) in [6.07, 6.45) is 1.80. The predicted octanol–water partition coefficient (Wildman–Crippen LogP) is 4.40. The summed E-state index contributed by atoms with van der Waals surface area (Å²) in [5.41, 5.74) is 5.13. The van der Waals surface area contributed by atoms with Crippen LogP contribution in [-0.4, -0.2) is 14.7 Å². The van der Waals surface area contributed by atoms with E-state index >= 15 is 0 Å². The summed E-state index contributed by atoms with van der Waals surface area (Å²) in [7, 11) is 0. The smallest absolute Gasteiger partial charge is 0.117 e. The summed E-state index contributed by atoms with van der Waals surface area (Å²) in [5, 5.41) is 9.68. The van der Waals surface area contributed by atoms with Gasteiger partial charge in [-0.15, -0.1) is 0 Å². The molecule has 1 aromatic heterocycles. The molecule has 3 aromatic carbocycles. The number of imidazole rings is 1. The molecule has 0 radical (unpaired) electrons. The number of nitrogens with zero attached hydrogens (tertiary/aromatic N) is 2. The van der Waals surface area contributed by atoms with Crippen molar-refractivity contribution in [3.05, 3.63) is 79.1 Å². The van der Waals surface area contributed by atoms with Crippen LogP contribution in [0.5, 0.6) is 5.75 Å². The van der Waals surface area contributed by atoms with E-state index in [0.717, 1.165) is 27.8 Å². The molecule has 0 amide bonds. The standard InChI is InChI=1S/C19H14N2O/c22-16-9-4-8-15(12-16)21-13-20-19-17(10-5-11-18(19)21)14-6-2-1-3-7-14/h1-13,22H. The molecule has 0 saturated carbocycles. The van der Waals surface area contributed by atoms with E-state index in [4.69, 9.17) is 0 Å². The van der Waals surface area contributed by atoms with Crippen molar-refractivity contribution in [3.63, 3.8) is 0 Å². The summed E-state index contributed by atoms with van der Waals surface area (Å²) < 4.78 is 1.99. The minimum atomic E-state index is 0.249. The summed E-state index contributed by atoms with van der Waals surface area (Å²) in [6.45, 7) is 0. The van der Waals surface area contributed by atoms with Crippen LogP contribution >= 0.6 is 0 Å². The van der Waals surface area contributed by atoms with Crippen LogP contribution in [0, 0.1) is 0 Å². The number of para-hydroxylation sites is 1.